The van der Waals surface area contributed by atoms with Crippen molar-refractivity contribution in [1.29, 1.82) is 0 Å². The summed E-state index contributed by atoms with van der Waals surface area (Å²) in [6.07, 6.45) is 2.43. The standard InChI is InChI=1S/C21H20N8O2S/c30-20(13-5-8-28(9-6-13)19-4-3-18-24-26-27-29(18)25-19)23-21-22-16(12-32-21)14-1-2-17-15(11-14)7-10-31-17/h1-4,11-13H,5-10H2,(H,22,23,30). The third-order valence-corrected chi connectivity index (χ3v) is 6.72. The second-order valence-corrected chi connectivity index (χ2v) is 8.79. The van der Waals surface area contributed by atoms with Crippen LogP contribution in [0.4, 0.5) is 10.9 Å². The molecule has 6 rings (SSSR count). The fourth-order valence-electron chi connectivity index (χ4n) is 4.20. The normalized spacial score (nSPS) is 16.2. The highest BCUT2D eigenvalue weighted by Gasteiger charge is 2.26. The van der Waals surface area contributed by atoms with Crippen molar-refractivity contribution in [2.24, 2.45) is 5.92 Å². The molecular weight excluding hydrogens is 428 g/mol. The Balaban J connectivity index is 1.08. The summed E-state index contributed by atoms with van der Waals surface area (Å²) in [6.45, 7) is 2.23. The molecule has 32 heavy (non-hydrogen) atoms. The second kappa shape index (κ2) is 7.83. The molecule has 0 bridgehead atoms. The van der Waals surface area contributed by atoms with E-state index in [1.807, 2.05) is 29.6 Å². The van der Waals surface area contributed by atoms with Gasteiger partial charge in [0.1, 0.15) is 5.75 Å². The number of benzene rings is 1. The Bertz CT molecular complexity index is 1290. The summed E-state index contributed by atoms with van der Waals surface area (Å²) in [5, 5.41) is 21.4. The molecule has 0 spiro atoms. The number of rotatable bonds is 4. The maximum atomic E-state index is 12.8. The molecule has 0 aliphatic carbocycles. The smallest absolute Gasteiger partial charge is 0.229 e. The number of ether oxygens (including phenoxy) is 1. The number of aromatic nitrogens is 6. The second-order valence-electron chi connectivity index (χ2n) is 7.93. The molecule has 1 saturated heterocycles. The molecule has 10 nitrogen and oxygen atoms in total. The van der Waals surface area contributed by atoms with Gasteiger partial charge in [-0.3, -0.25) is 4.79 Å². The Morgan fingerprint density at radius 1 is 1.19 bits per heavy atom. The number of carbonyl (C=O) groups excluding carboxylic acids is 1. The number of anilines is 2. The van der Waals surface area contributed by atoms with Gasteiger partial charge in [-0.25, -0.2) is 4.98 Å². The Hall–Kier alpha value is -3.60. The molecule has 0 atom stereocenters. The van der Waals surface area contributed by atoms with Gasteiger partial charge in [0.05, 0.1) is 12.3 Å². The molecule has 5 heterocycles. The third kappa shape index (κ3) is 3.54. The zero-order valence-electron chi connectivity index (χ0n) is 17.1. The average Bonchev–Trinajstić information content (AvgIpc) is 3.58. The number of carbonyl (C=O) groups is 1. The maximum absolute atomic E-state index is 12.8. The molecule has 4 aromatic rings. The van der Waals surface area contributed by atoms with Gasteiger partial charge in [-0.2, -0.15) is 0 Å². The molecule has 3 aromatic heterocycles. The Kier molecular flexibility index (Phi) is 4.67. The summed E-state index contributed by atoms with van der Waals surface area (Å²) >= 11 is 1.45. The van der Waals surface area contributed by atoms with Crippen LogP contribution in [0.15, 0.2) is 35.7 Å². The van der Waals surface area contributed by atoms with E-state index in [-0.39, 0.29) is 11.8 Å². The summed E-state index contributed by atoms with van der Waals surface area (Å²) in [5.74, 6) is 1.74. The molecule has 2 aliphatic heterocycles. The van der Waals surface area contributed by atoms with E-state index in [1.54, 1.807) is 0 Å². The molecule has 0 saturated carbocycles. The van der Waals surface area contributed by atoms with Crippen LogP contribution in [0.1, 0.15) is 18.4 Å². The minimum absolute atomic E-state index is 0.0248. The van der Waals surface area contributed by atoms with Crippen LogP contribution in [0, 0.1) is 5.92 Å². The lowest BCUT2D eigenvalue weighted by Gasteiger charge is -2.31. The highest BCUT2D eigenvalue weighted by Crippen LogP contribution is 2.32. The number of nitrogens with zero attached hydrogens (tertiary/aromatic N) is 7. The van der Waals surface area contributed by atoms with E-state index in [2.05, 4.69) is 41.9 Å². The number of thiazole rings is 1. The molecule has 1 N–H and O–H groups in total. The van der Waals surface area contributed by atoms with Crippen LogP contribution < -0.4 is 15.0 Å². The van der Waals surface area contributed by atoms with Crippen molar-refractivity contribution in [3.63, 3.8) is 0 Å². The number of hydrogen-bond acceptors (Lipinski definition) is 9. The molecule has 2 aliphatic rings. The number of amides is 1. The molecular formula is C21H20N8O2S. The highest BCUT2D eigenvalue weighted by atomic mass is 32.1. The lowest BCUT2D eigenvalue weighted by molar-refractivity contribution is -0.120. The number of piperidine rings is 1. The molecule has 1 fully saturated rings. The highest BCUT2D eigenvalue weighted by molar-refractivity contribution is 7.14. The first kappa shape index (κ1) is 19.1. The van der Waals surface area contributed by atoms with Gasteiger partial charge < -0.3 is 15.0 Å². The van der Waals surface area contributed by atoms with E-state index < -0.39 is 0 Å². The van der Waals surface area contributed by atoms with E-state index in [0.29, 0.717) is 10.8 Å². The van der Waals surface area contributed by atoms with Gasteiger partial charge in [-0.1, -0.05) is 0 Å². The third-order valence-electron chi connectivity index (χ3n) is 5.96. The molecule has 11 heteroatoms. The summed E-state index contributed by atoms with van der Waals surface area (Å²) in [6, 6.07) is 9.89. The Morgan fingerprint density at radius 2 is 2.09 bits per heavy atom. The Morgan fingerprint density at radius 3 is 3.00 bits per heavy atom. The van der Waals surface area contributed by atoms with Crippen molar-refractivity contribution in [2.75, 3.05) is 29.9 Å². The number of nitrogens with one attached hydrogen (secondary N) is 1. The van der Waals surface area contributed by atoms with Gasteiger partial charge >= 0.3 is 0 Å². The van der Waals surface area contributed by atoms with Crippen LogP contribution in [-0.4, -0.2) is 55.8 Å². The minimum Gasteiger partial charge on any atom is -0.493 e. The van der Waals surface area contributed by atoms with E-state index >= 15 is 0 Å². The van der Waals surface area contributed by atoms with Crippen molar-refractivity contribution in [3.05, 3.63) is 41.3 Å². The molecule has 1 aromatic carbocycles. The minimum atomic E-state index is -0.0486. The largest absolute Gasteiger partial charge is 0.493 e. The fraction of sp³-hybridized carbons (Fsp3) is 0.333. The first-order valence-electron chi connectivity index (χ1n) is 10.6. The van der Waals surface area contributed by atoms with Gasteiger partial charge in [0, 0.05) is 36.4 Å². The van der Waals surface area contributed by atoms with Crippen LogP contribution in [-0.2, 0) is 11.2 Å². The average molecular weight is 449 g/mol. The predicted octanol–water partition coefficient (Wildman–Crippen LogP) is 2.43. The zero-order chi connectivity index (χ0) is 21.5. The van der Waals surface area contributed by atoms with Crippen LogP contribution in [0.25, 0.3) is 16.9 Å². The van der Waals surface area contributed by atoms with Crippen LogP contribution in [0.3, 0.4) is 0 Å². The van der Waals surface area contributed by atoms with Crippen molar-refractivity contribution < 1.29 is 9.53 Å². The van der Waals surface area contributed by atoms with E-state index in [4.69, 9.17) is 4.74 Å². The Labute approximate surface area is 187 Å². The summed E-state index contributed by atoms with van der Waals surface area (Å²) in [7, 11) is 0. The van der Waals surface area contributed by atoms with Crippen LogP contribution >= 0.6 is 11.3 Å². The summed E-state index contributed by atoms with van der Waals surface area (Å²) in [5.41, 5.74) is 3.74. The SMILES string of the molecule is O=C(Nc1nc(-c2ccc3c(c2)CCO3)cs1)C1CCN(c2ccc3nnnn3n2)CC1. The quantitative estimate of drug-likeness (QED) is 0.507. The number of fused-ring (bicyclic) bond motifs is 2. The maximum Gasteiger partial charge on any atom is 0.229 e. The van der Waals surface area contributed by atoms with Crippen molar-refractivity contribution >= 4 is 33.8 Å². The summed E-state index contributed by atoms with van der Waals surface area (Å²) in [4.78, 5) is 19.6. The molecule has 0 unspecified atom stereocenters. The van der Waals surface area contributed by atoms with Crippen LogP contribution in [0.2, 0.25) is 0 Å². The first-order valence-corrected chi connectivity index (χ1v) is 11.4. The van der Waals surface area contributed by atoms with Crippen molar-refractivity contribution in [2.45, 2.75) is 19.3 Å². The zero-order valence-corrected chi connectivity index (χ0v) is 18.0. The van der Waals surface area contributed by atoms with Gasteiger partial charge in [0.2, 0.25) is 5.91 Å². The lowest BCUT2D eigenvalue weighted by atomic mass is 9.96. The van der Waals surface area contributed by atoms with E-state index in [9.17, 15) is 4.79 Å². The number of tetrazole rings is 1. The van der Waals surface area contributed by atoms with Gasteiger partial charge in [-0.05, 0) is 59.2 Å². The van der Waals surface area contributed by atoms with Crippen molar-refractivity contribution in [3.8, 4) is 17.0 Å². The predicted molar refractivity (Wildman–Crippen MR) is 119 cm³/mol. The fourth-order valence-corrected chi connectivity index (χ4v) is 4.92. The molecule has 162 valence electrons. The van der Waals surface area contributed by atoms with Crippen molar-refractivity contribution in [1.82, 2.24) is 30.2 Å². The lowest BCUT2D eigenvalue weighted by Crippen LogP contribution is -2.38. The summed E-state index contributed by atoms with van der Waals surface area (Å²) < 4.78 is 6.99. The van der Waals surface area contributed by atoms with Gasteiger partial charge in [0.15, 0.2) is 16.6 Å². The van der Waals surface area contributed by atoms with Gasteiger partial charge in [0.25, 0.3) is 0 Å². The monoisotopic (exact) mass is 448 g/mol. The molecule has 0 radical (unpaired) electrons. The first-order chi connectivity index (χ1) is 15.7. The van der Waals surface area contributed by atoms with Gasteiger partial charge in [-0.15, -0.1) is 26.2 Å². The van der Waals surface area contributed by atoms with E-state index in [1.165, 1.54) is 21.5 Å². The van der Waals surface area contributed by atoms with E-state index in [0.717, 1.165) is 61.8 Å². The topological polar surface area (TPSA) is 110 Å². The number of hydrogen-bond donors (Lipinski definition) is 1. The molecule has 1 amide bonds. The van der Waals surface area contributed by atoms with Crippen LogP contribution in [0.5, 0.6) is 5.75 Å².